The molecule has 0 aliphatic carbocycles. The lowest BCUT2D eigenvalue weighted by Gasteiger charge is -2.24. The highest BCUT2D eigenvalue weighted by molar-refractivity contribution is 8.16. The number of aliphatic imine (C=N–C) groups is 1. The number of nitrogens with zero attached hydrogens (tertiary/aromatic N) is 2. The molecule has 2 saturated heterocycles. The van der Waals surface area contributed by atoms with Crippen LogP contribution in [0.4, 0.5) is 5.69 Å². The molecule has 0 spiro atoms. The zero-order valence-corrected chi connectivity index (χ0v) is 18.3. The van der Waals surface area contributed by atoms with Gasteiger partial charge in [0.15, 0.2) is 15.0 Å². The Balaban J connectivity index is 1.66. The van der Waals surface area contributed by atoms with Crippen molar-refractivity contribution in [1.29, 1.82) is 0 Å². The molecule has 2 fully saturated rings. The third kappa shape index (κ3) is 4.17. The van der Waals surface area contributed by atoms with Crippen LogP contribution >= 0.6 is 11.8 Å². The largest absolute Gasteiger partial charge is 0.497 e. The molecule has 0 N–H and O–H groups in total. The number of ether oxygens (including phenoxy) is 2. The highest BCUT2D eigenvalue weighted by Gasteiger charge is 2.49. The fraction of sp³-hybridized carbons (Fsp3) is 0.333. The third-order valence-electron chi connectivity index (χ3n) is 5.15. The molecule has 2 aromatic carbocycles. The molecule has 0 saturated carbocycles. The standard InChI is InChI=1S/C21H22N2O5S2/c1-27-16-8-5-7-15(11-16)23-17-12-30(25,26)13-19(17)29-21(23)22-20(24)10-14-6-3-4-9-18(14)28-2/h3-9,11,17,19H,10,12-13H2,1-2H3/t17-,19+/m1/s1. The number of benzene rings is 2. The summed E-state index contributed by atoms with van der Waals surface area (Å²) in [7, 11) is 0.0177. The molecule has 2 atom stereocenters. The highest BCUT2D eigenvalue weighted by Crippen LogP contribution is 2.41. The quantitative estimate of drug-likeness (QED) is 0.698. The first-order valence-electron chi connectivity index (χ1n) is 9.44. The average molecular weight is 447 g/mol. The number of hydrogen-bond donors (Lipinski definition) is 0. The second-order valence-corrected chi connectivity index (χ2v) is 10.5. The second-order valence-electron chi connectivity index (χ2n) is 7.15. The topological polar surface area (TPSA) is 85.3 Å². The number of fused-ring (bicyclic) bond motifs is 1. The summed E-state index contributed by atoms with van der Waals surface area (Å²) < 4.78 is 35.0. The van der Waals surface area contributed by atoms with Crippen LogP contribution in [0.1, 0.15) is 5.56 Å². The smallest absolute Gasteiger partial charge is 0.252 e. The van der Waals surface area contributed by atoms with Gasteiger partial charge in [0.25, 0.3) is 5.91 Å². The molecule has 7 nitrogen and oxygen atoms in total. The predicted octanol–water partition coefficient (Wildman–Crippen LogP) is 2.55. The van der Waals surface area contributed by atoms with Gasteiger partial charge in [0.1, 0.15) is 11.5 Å². The lowest BCUT2D eigenvalue weighted by Crippen LogP contribution is -2.37. The van der Waals surface area contributed by atoms with Crippen LogP contribution in [-0.4, -0.2) is 56.5 Å². The molecule has 30 heavy (non-hydrogen) atoms. The number of thioether (sulfide) groups is 1. The lowest BCUT2D eigenvalue weighted by atomic mass is 10.1. The molecule has 2 aromatic rings. The summed E-state index contributed by atoms with van der Waals surface area (Å²) in [6.07, 6.45) is 0.105. The van der Waals surface area contributed by atoms with Crippen molar-refractivity contribution >= 4 is 38.4 Å². The third-order valence-corrected chi connectivity index (χ3v) is 8.36. The molecule has 9 heteroatoms. The van der Waals surface area contributed by atoms with Crippen LogP contribution in [0.25, 0.3) is 0 Å². The fourth-order valence-corrected chi connectivity index (χ4v) is 7.72. The van der Waals surface area contributed by atoms with Gasteiger partial charge in [-0.05, 0) is 18.2 Å². The van der Waals surface area contributed by atoms with E-state index in [0.717, 1.165) is 11.3 Å². The van der Waals surface area contributed by atoms with Gasteiger partial charge in [0, 0.05) is 22.6 Å². The van der Waals surface area contributed by atoms with E-state index in [1.165, 1.54) is 11.8 Å². The first kappa shape index (κ1) is 20.7. The molecule has 0 bridgehead atoms. The van der Waals surface area contributed by atoms with Crippen LogP contribution in [0.3, 0.4) is 0 Å². The van der Waals surface area contributed by atoms with E-state index in [-0.39, 0.29) is 35.1 Å². The number of carbonyl (C=O) groups excluding carboxylic acids is 1. The van der Waals surface area contributed by atoms with Gasteiger partial charge in [-0.15, -0.1) is 0 Å². The van der Waals surface area contributed by atoms with Crippen molar-refractivity contribution in [2.24, 2.45) is 4.99 Å². The Hall–Kier alpha value is -2.52. The number of hydrogen-bond acceptors (Lipinski definition) is 6. The van der Waals surface area contributed by atoms with Crippen LogP contribution in [-0.2, 0) is 21.1 Å². The van der Waals surface area contributed by atoms with Crippen LogP contribution < -0.4 is 14.4 Å². The van der Waals surface area contributed by atoms with Crippen molar-refractivity contribution in [2.75, 3.05) is 30.6 Å². The maximum Gasteiger partial charge on any atom is 0.252 e. The Morgan fingerprint density at radius 2 is 1.93 bits per heavy atom. The zero-order valence-electron chi connectivity index (χ0n) is 16.6. The van der Waals surface area contributed by atoms with E-state index in [9.17, 15) is 13.2 Å². The van der Waals surface area contributed by atoms with Gasteiger partial charge in [-0.25, -0.2) is 8.42 Å². The highest BCUT2D eigenvalue weighted by atomic mass is 32.2. The van der Waals surface area contributed by atoms with E-state index in [4.69, 9.17) is 9.47 Å². The van der Waals surface area contributed by atoms with E-state index in [1.54, 1.807) is 20.3 Å². The minimum Gasteiger partial charge on any atom is -0.497 e. The summed E-state index contributed by atoms with van der Waals surface area (Å²) in [5, 5.41) is 0.368. The molecule has 2 aliphatic rings. The summed E-state index contributed by atoms with van der Waals surface area (Å²) in [6.45, 7) is 0. The van der Waals surface area contributed by atoms with Gasteiger partial charge in [-0.1, -0.05) is 36.0 Å². The SMILES string of the molecule is COc1cccc(N2C(=NC(=O)Cc3ccccc3OC)S[C@H]3CS(=O)(=O)C[C@H]32)c1. The molecule has 1 amide bonds. The summed E-state index contributed by atoms with van der Waals surface area (Å²) in [4.78, 5) is 19.0. The number of rotatable bonds is 5. The van der Waals surface area contributed by atoms with Gasteiger partial charge >= 0.3 is 0 Å². The van der Waals surface area contributed by atoms with Crippen molar-refractivity contribution in [3.63, 3.8) is 0 Å². The molecule has 0 aromatic heterocycles. The maximum absolute atomic E-state index is 12.8. The normalized spacial score (nSPS) is 23.4. The molecule has 0 unspecified atom stereocenters. The first-order valence-corrected chi connectivity index (χ1v) is 12.1. The second kappa shape index (κ2) is 8.31. The number of anilines is 1. The van der Waals surface area contributed by atoms with Crippen molar-refractivity contribution in [2.45, 2.75) is 17.7 Å². The van der Waals surface area contributed by atoms with Crippen molar-refractivity contribution in [3.8, 4) is 11.5 Å². The Bertz CT molecular complexity index is 1100. The zero-order chi connectivity index (χ0) is 21.3. The number of para-hydroxylation sites is 1. The molecule has 4 rings (SSSR count). The Morgan fingerprint density at radius 1 is 1.13 bits per heavy atom. The molecular weight excluding hydrogens is 424 g/mol. The monoisotopic (exact) mass is 446 g/mol. The van der Waals surface area contributed by atoms with Crippen molar-refractivity contribution in [1.82, 2.24) is 0 Å². The minimum atomic E-state index is -3.12. The van der Waals surface area contributed by atoms with Crippen molar-refractivity contribution < 1.29 is 22.7 Å². The van der Waals surface area contributed by atoms with Crippen LogP contribution in [0.15, 0.2) is 53.5 Å². The summed E-state index contributed by atoms with van der Waals surface area (Å²) in [5.74, 6) is 1.11. The lowest BCUT2D eigenvalue weighted by molar-refractivity contribution is -0.117. The average Bonchev–Trinajstić information content (AvgIpc) is 3.18. The minimum absolute atomic E-state index is 0.0432. The predicted molar refractivity (Wildman–Crippen MR) is 118 cm³/mol. The number of sulfone groups is 1. The van der Waals surface area contributed by atoms with Gasteiger partial charge in [-0.2, -0.15) is 4.99 Å². The fourth-order valence-electron chi connectivity index (χ4n) is 3.78. The summed E-state index contributed by atoms with van der Waals surface area (Å²) in [6, 6.07) is 14.4. The molecule has 0 radical (unpaired) electrons. The first-order chi connectivity index (χ1) is 14.4. The van der Waals surface area contributed by atoms with Gasteiger partial charge < -0.3 is 14.4 Å². The number of amidine groups is 1. The summed E-state index contributed by atoms with van der Waals surface area (Å²) in [5.41, 5.74) is 1.52. The summed E-state index contributed by atoms with van der Waals surface area (Å²) >= 11 is 1.35. The van der Waals surface area contributed by atoms with E-state index in [0.29, 0.717) is 16.7 Å². The van der Waals surface area contributed by atoms with Crippen molar-refractivity contribution in [3.05, 3.63) is 54.1 Å². The number of carbonyl (C=O) groups is 1. The van der Waals surface area contributed by atoms with E-state index in [2.05, 4.69) is 4.99 Å². The van der Waals surface area contributed by atoms with Crippen LogP contribution in [0, 0.1) is 0 Å². The Morgan fingerprint density at radius 3 is 2.70 bits per heavy atom. The number of amides is 1. The van der Waals surface area contributed by atoms with Crippen LogP contribution in [0.5, 0.6) is 11.5 Å². The van der Waals surface area contributed by atoms with E-state index in [1.807, 2.05) is 47.4 Å². The van der Waals surface area contributed by atoms with Crippen LogP contribution in [0.2, 0.25) is 0 Å². The number of methoxy groups -OCH3 is 2. The molecular formula is C21H22N2O5S2. The van der Waals surface area contributed by atoms with E-state index < -0.39 is 9.84 Å². The Kier molecular flexibility index (Phi) is 5.75. The Labute approximate surface area is 180 Å². The van der Waals surface area contributed by atoms with Gasteiger partial charge in [0.2, 0.25) is 0 Å². The maximum atomic E-state index is 12.8. The van der Waals surface area contributed by atoms with E-state index >= 15 is 0 Å². The molecule has 158 valence electrons. The molecule has 2 aliphatic heterocycles. The van der Waals surface area contributed by atoms with Gasteiger partial charge in [-0.3, -0.25) is 4.79 Å². The van der Waals surface area contributed by atoms with Gasteiger partial charge in [0.05, 0.1) is 38.2 Å². The molecule has 2 heterocycles.